The number of amides is 3. The van der Waals surface area contributed by atoms with Crippen LogP contribution >= 0.6 is 0 Å². The highest BCUT2D eigenvalue weighted by Crippen LogP contribution is 2.32. The molecule has 32 heavy (non-hydrogen) atoms. The van der Waals surface area contributed by atoms with E-state index in [1.54, 1.807) is 4.90 Å². The fraction of sp³-hybridized carbons (Fsp3) is 0.520. The third-order valence-electron chi connectivity index (χ3n) is 7.11. The van der Waals surface area contributed by atoms with Crippen molar-refractivity contribution in [2.75, 3.05) is 39.3 Å². The summed E-state index contributed by atoms with van der Waals surface area (Å²) in [4.78, 5) is 48.4. The number of carbonyl (C=O) groups excluding carboxylic acids is 3. The lowest BCUT2D eigenvalue weighted by molar-refractivity contribution is -0.139. The Kier molecular flexibility index (Phi) is 5.81. The summed E-state index contributed by atoms with van der Waals surface area (Å²) in [6, 6.07) is 9.96. The maximum atomic E-state index is 13.3. The van der Waals surface area contributed by atoms with Crippen LogP contribution in [0, 0.1) is 0 Å². The smallest absolute Gasteiger partial charge is 0.255 e. The molecule has 0 unspecified atom stereocenters. The molecule has 168 valence electrons. The van der Waals surface area contributed by atoms with E-state index in [9.17, 15) is 14.4 Å². The minimum atomic E-state index is 0.0264. The Balaban J connectivity index is 1.34. The van der Waals surface area contributed by atoms with E-state index in [0.29, 0.717) is 26.1 Å². The average molecular weight is 435 g/mol. The summed E-state index contributed by atoms with van der Waals surface area (Å²) in [5.74, 6) is 0.345. The fourth-order valence-electron chi connectivity index (χ4n) is 5.24. The lowest BCUT2D eigenvalue weighted by Gasteiger charge is -2.33. The van der Waals surface area contributed by atoms with Crippen LogP contribution < -0.4 is 0 Å². The molecule has 2 aromatic rings. The number of likely N-dealkylation sites (tertiary alicyclic amines) is 3. The molecule has 7 heteroatoms. The number of para-hydroxylation sites is 1. The van der Waals surface area contributed by atoms with Crippen LogP contribution in [-0.2, 0) is 9.59 Å². The first-order chi connectivity index (χ1) is 15.6. The Hall–Kier alpha value is -2.96. The molecular formula is C25H30N4O3. The van der Waals surface area contributed by atoms with Gasteiger partial charge in [0.1, 0.15) is 0 Å². The molecular weight excluding hydrogens is 404 g/mol. The quantitative estimate of drug-likeness (QED) is 0.742. The number of benzene rings is 1. The zero-order chi connectivity index (χ0) is 22.1. The van der Waals surface area contributed by atoms with Crippen molar-refractivity contribution < 1.29 is 14.4 Å². The van der Waals surface area contributed by atoms with Crippen LogP contribution in [0.4, 0.5) is 0 Å². The highest BCUT2D eigenvalue weighted by molar-refractivity contribution is 5.99. The summed E-state index contributed by atoms with van der Waals surface area (Å²) in [5, 5.41) is 0.988. The third-order valence-corrected chi connectivity index (χ3v) is 7.11. The standard InChI is InChI=1S/C25H30N4O3/c30-22-8-5-13-29(22)17-23(31)27-14-9-18(10-15-27)24-20(25(32)28-11-3-4-12-28)16-19-6-1-2-7-21(19)26-24/h1-2,6-7,16,18H,3-5,8-15,17H2. The molecule has 0 aliphatic carbocycles. The number of fused-ring (bicyclic) bond motifs is 1. The van der Waals surface area contributed by atoms with E-state index in [4.69, 9.17) is 4.98 Å². The molecule has 3 saturated heterocycles. The Morgan fingerprint density at radius 1 is 0.938 bits per heavy atom. The van der Waals surface area contributed by atoms with Crippen LogP contribution in [0.5, 0.6) is 0 Å². The number of hydrogen-bond donors (Lipinski definition) is 0. The van der Waals surface area contributed by atoms with Gasteiger partial charge in [-0.2, -0.15) is 0 Å². The summed E-state index contributed by atoms with van der Waals surface area (Å²) in [7, 11) is 0. The van der Waals surface area contributed by atoms with Crippen molar-refractivity contribution in [3.63, 3.8) is 0 Å². The minimum Gasteiger partial charge on any atom is -0.341 e. The third kappa shape index (κ3) is 4.08. The van der Waals surface area contributed by atoms with Crippen molar-refractivity contribution in [3.05, 3.63) is 41.6 Å². The molecule has 3 aliphatic rings. The largest absolute Gasteiger partial charge is 0.341 e. The van der Waals surface area contributed by atoms with Crippen LogP contribution in [0.25, 0.3) is 10.9 Å². The maximum absolute atomic E-state index is 13.3. The van der Waals surface area contributed by atoms with Gasteiger partial charge in [0, 0.05) is 50.4 Å². The normalized spacial score (nSPS) is 19.9. The van der Waals surface area contributed by atoms with E-state index in [2.05, 4.69) is 0 Å². The molecule has 0 saturated carbocycles. The molecule has 7 nitrogen and oxygen atoms in total. The fourth-order valence-corrected chi connectivity index (χ4v) is 5.24. The number of nitrogens with zero attached hydrogens (tertiary/aromatic N) is 4. The van der Waals surface area contributed by atoms with Gasteiger partial charge in [0.2, 0.25) is 11.8 Å². The van der Waals surface area contributed by atoms with E-state index in [-0.39, 0.29) is 30.2 Å². The second-order valence-electron chi connectivity index (χ2n) is 9.19. The SMILES string of the molecule is O=C(CN1CCCC1=O)N1CCC(c2nc3ccccc3cc2C(=O)N2CCCC2)CC1. The first-order valence-electron chi connectivity index (χ1n) is 11.8. The van der Waals surface area contributed by atoms with E-state index >= 15 is 0 Å². The van der Waals surface area contributed by atoms with Crippen molar-refractivity contribution in [3.8, 4) is 0 Å². The Bertz CT molecular complexity index is 1040. The van der Waals surface area contributed by atoms with Gasteiger partial charge in [-0.05, 0) is 44.2 Å². The van der Waals surface area contributed by atoms with Crippen molar-refractivity contribution in [2.24, 2.45) is 0 Å². The molecule has 3 fully saturated rings. The molecule has 0 bridgehead atoms. The summed E-state index contributed by atoms with van der Waals surface area (Å²) < 4.78 is 0. The molecule has 5 rings (SSSR count). The highest BCUT2D eigenvalue weighted by atomic mass is 16.2. The molecule has 0 radical (unpaired) electrons. The number of rotatable bonds is 4. The minimum absolute atomic E-state index is 0.0264. The van der Waals surface area contributed by atoms with E-state index in [1.807, 2.05) is 40.1 Å². The molecule has 3 aliphatic heterocycles. The molecule has 3 amide bonds. The predicted octanol–water partition coefficient (Wildman–Crippen LogP) is 2.80. The van der Waals surface area contributed by atoms with Crippen molar-refractivity contribution in [1.82, 2.24) is 19.7 Å². The molecule has 4 heterocycles. The van der Waals surface area contributed by atoms with Gasteiger partial charge in [-0.3, -0.25) is 19.4 Å². The monoisotopic (exact) mass is 434 g/mol. The molecule has 0 spiro atoms. The van der Waals surface area contributed by atoms with E-state index in [0.717, 1.165) is 67.4 Å². The van der Waals surface area contributed by atoms with Crippen LogP contribution in [0.2, 0.25) is 0 Å². The van der Waals surface area contributed by atoms with Gasteiger partial charge in [0.05, 0.1) is 23.3 Å². The van der Waals surface area contributed by atoms with Crippen molar-refractivity contribution in [2.45, 2.75) is 44.4 Å². The second-order valence-corrected chi connectivity index (χ2v) is 9.19. The lowest BCUT2D eigenvalue weighted by atomic mass is 9.89. The first kappa shape index (κ1) is 20.9. The van der Waals surface area contributed by atoms with Gasteiger partial charge in [-0.25, -0.2) is 0 Å². The van der Waals surface area contributed by atoms with Gasteiger partial charge in [-0.15, -0.1) is 0 Å². The number of carbonyl (C=O) groups is 3. The summed E-state index contributed by atoms with van der Waals surface area (Å²) in [5.41, 5.74) is 2.51. The summed E-state index contributed by atoms with van der Waals surface area (Å²) >= 11 is 0. The predicted molar refractivity (Wildman–Crippen MR) is 121 cm³/mol. The Morgan fingerprint density at radius 3 is 2.41 bits per heavy atom. The number of pyridine rings is 1. The average Bonchev–Trinajstić information content (AvgIpc) is 3.50. The van der Waals surface area contributed by atoms with Crippen LogP contribution in [-0.4, -0.2) is 76.7 Å². The Labute approximate surface area is 188 Å². The zero-order valence-electron chi connectivity index (χ0n) is 18.5. The highest BCUT2D eigenvalue weighted by Gasteiger charge is 2.31. The number of piperidine rings is 1. The number of aromatic nitrogens is 1. The summed E-state index contributed by atoms with van der Waals surface area (Å²) in [6.07, 6.45) is 5.08. The zero-order valence-corrected chi connectivity index (χ0v) is 18.5. The van der Waals surface area contributed by atoms with E-state index < -0.39 is 0 Å². The Morgan fingerprint density at radius 2 is 1.69 bits per heavy atom. The molecule has 0 N–H and O–H groups in total. The van der Waals surface area contributed by atoms with Gasteiger partial charge >= 0.3 is 0 Å². The lowest BCUT2D eigenvalue weighted by Crippen LogP contribution is -2.44. The van der Waals surface area contributed by atoms with Crippen LogP contribution in [0.15, 0.2) is 30.3 Å². The van der Waals surface area contributed by atoms with Gasteiger partial charge in [-0.1, -0.05) is 18.2 Å². The molecule has 1 aromatic heterocycles. The van der Waals surface area contributed by atoms with Crippen molar-refractivity contribution in [1.29, 1.82) is 0 Å². The molecule has 0 atom stereocenters. The summed E-state index contributed by atoms with van der Waals surface area (Å²) in [6.45, 7) is 3.77. The van der Waals surface area contributed by atoms with E-state index in [1.165, 1.54) is 0 Å². The number of hydrogen-bond acceptors (Lipinski definition) is 4. The van der Waals surface area contributed by atoms with Gasteiger partial charge in [0.15, 0.2) is 0 Å². The molecule has 1 aromatic carbocycles. The van der Waals surface area contributed by atoms with Gasteiger partial charge in [0.25, 0.3) is 5.91 Å². The first-order valence-corrected chi connectivity index (χ1v) is 11.8. The topological polar surface area (TPSA) is 73.8 Å². The second kappa shape index (κ2) is 8.88. The maximum Gasteiger partial charge on any atom is 0.255 e. The van der Waals surface area contributed by atoms with Crippen LogP contribution in [0.3, 0.4) is 0 Å². The van der Waals surface area contributed by atoms with Gasteiger partial charge < -0.3 is 14.7 Å². The van der Waals surface area contributed by atoms with Crippen LogP contribution in [0.1, 0.15) is 60.5 Å². The van der Waals surface area contributed by atoms with Crippen molar-refractivity contribution >= 4 is 28.6 Å².